The third-order valence-electron chi connectivity index (χ3n) is 3.17. The third kappa shape index (κ3) is 5.22. The van der Waals surface area contributed by atoms with Crippen LogP contribution in [0.15, 0.2) is 35.2 Å². The topological polar surface area (TPSA) is 57.8 Å². The molecule has 1 amide bonds. The highest BCUT2D eigenvalue weighted by Crippen LogP contribution is 2.17. The molecule has 0 spiro atoms. The molecule has 0 aliphatic carbocycles. The first-order valence-corrected chi connectivity index (χ1v) is 8.55. The number of thioether (sulfide) groups is 1. The lowest BCUT2D eigenvalue weighted by molar-refractivity contribution is 0.0951. The van der Waals surface area contributed by atoms with Gasteiger partial charge in [0.15, 0.2) is 0 Å². The molecule has 2 aromatic rings. The fourth-order valence-corrected chi connectivity index (χ4v) is 2.85. The quantitative estimate of drug-likeness (QED) is 0.607. The lowest BCUT2D eigenvalue weighted by Gasteiger charge is -2.04. The Morgan fingerprint density at radius 2 is 2.05 bits per heavy atom. The molecule has 0 radical (unpaired) electrons. The second-order valence-corrected chi connectivity index (χ2v) is 6.96. The van der Waals surface area contributed by atoms with Crippen molar-refractivity contribution in [1.82, 2.24) is 15.5 Å². The summed E-state index contributed by atoms with van der Waals surface area (Å²) in [5, 5.41) is 9.90. The van der Waals surface area contributed by atoms with Gasteiger partial charge in [-0.15, -0.1) is 11.8 Å². The Morgan fingerprint density at radius 1 is 1.32 bits per heavy atom. The Bertz CT molecular complexity index is 605. The molecule has 1 heterocycles. The summed E-state index contributed by atoms with van der Waals surface area (Å²) in [4.78, 5) is 13.2. The van der Waals surface area contributed by atoms with Crippen LogP contribution in [0.4, 0.5) is 0 Å². The van der Waals surface area contributed by atoms with Gasteiger partial charge in [-0.05, 0) is 37.5 Å². The molecule has 0 bridgehead atoms. The van der Waals surface area contributed by atoms with Gasteiger partial charge in [0.2, 0.25) is 0 Å². The number of nitrogens with one attached hydrogen (secondary N) is 2. The molecule has 5 heteroatoms. The van der Waals surface area contributed by atoms with Gasteiger partial charge in [-0.2, -0.15) is 5.10 Å². The van der Waals surface area contributed by atoms with E-state index in [0.29, 0.717) is 18.2 Å². The minimum Gasteiger partial charge on any atom is -0.350 e. The van der Waals surface area contributed by atoms with E-state index in [1.165, 1.54) is 10.5 Å². The SMILES string of the molecule is Cc1ccc(SCCNC(=O)c2cc(CC(C)C)[nH]n2)cc1. The van der Waals surface area contributed by atoms with Crippen LogP contribution in [-0.4, -0.2) is 28.4 Å². The molecule has 22 heavy (non-hydrogen) atoms. The molecule has 2 rings (SSSR count). The van der Waals surface area contributed by atoms with Gasteiger partial charge >= 0.3 is 0 Å². The third-order valence-corrected chi connectivity index (χ3v) is 4.18. The summed E-state index contributed by atoms with van der Waals surface area (Å²) in [6.45, 7) is 6.99. The Labute approximate surface area is 136 Å². The Morgan fingerprint density at radius 3 is 2.73 bits per heavy atom. The van der Waals surface area contributed by atoms with Crippen molar-refractivity contribution in [3.05, 3.63) is 47.3 Å². The minimum atomic E-state index is -0.115. The normalized spacial score (nSPS) is 10.9. The number of amides is 1. The van der Waals surface area contributed by atoms with E-state index >= 15 is 0 Å². The summed E-state index contributed by atoms with van der Waals surface area (Å²) in [5.74, 6) is 1.27. The molecular formula is C17H23N3OS. The van der Waals surface area contributed by atoms with Crippen LogP contribution in [0.3, 0.4) is 0 Å². The van der Waals surface area contributed by atoms with E-state index in [0.717, 1.165) is 17.9 Å². The number of hydrogen-bond acceptors (Lipinski definition) is 3. The van der Waals surface area contributed by atoms with Crippen molar-refractivity contribution in [1.29, 1.82) is 0 Å². The number of rotatable bonds is 7. The zero-order valence-electron chi connectivity index (χ0n) is 13.3. The maximum atomic E-state index is 12.0. The van der Waals surface area contributed by atoms with Gasteiger partial charge in [0.25, 0.3) is 5.91 Å². The first kappa shape index (κ1) is 16.6. The van der Waals surface area contributed by atoms with Crippen LogP contribution in [-0.2, 0) is 6.42 Å². The summed E-state index contributed by atoms with van der Waals surface area (Å²) in [7, 11) is 0. The van der Waals surface area contributed by atoms with E-state index in [1.807, 2.05) is 6.07 Å². The lowest BCUT2D eigenvalue weighted by Crippen LogP contribution is -2.26. The van der Waals surface area contributed by atoms with Crippen molar-refractivity contribution in [2.75, 3.05) is 12.3 Å². The number of aryl methyl sites for hydroxylation is 1. The maximum Gasteiger partial charge on any atom is 0.271 e. The van der Waals surface area contributed by atoms with Crippen LogP contribution in [0.1, 0.15) is 35.6 Å². The molecular weight excluding hydrogens is 294 g/mol. The Kier molecular flexibility index (Phi) is 6.07. The number of hydrogen-bond donors (Lipinski definition) is 2. The summed E-state index contributed by atoms with van der Waals surface area (Å²) < 4.78 is 0. The number of aromatic nitrogens is 2. The number of benzene rings is 1. The first-order chi connectivity index (χ1) is 10.5. The smallest absolute Gasteiger partial charge is 0.271 e. The average Bonchev–Trinajstić information content (AvgIpc) is 2.93. The van der Waals surface area contributed by atoms with Gasteiger partial charge < -0.3 is 5.32 Å². The lowest BCUT2D eigenvalue weighted by atomic mass is 10.1. The molecule has 118 valence electrons. The maximum absolute atomic E-state index is 12.0. The predicted octanol–water partition coefficient (Wildman–Crippen LogP) is 3.44. The molecule has 1 aromatic heterocycles. The Balaban J connectivity index is 1.73. The van der Waals surface area contributed by atoms with Gasteiger partial charge in [-0.25, -0.2) is 0 Å². The number of aromatic amines is 1. The van der Waals surface area contributed by atoms with Crippen LogP contribution < -0.4 is 5.32 Å². The highest BCUT2D eigenvalue weighted by molar-refractivity contribution is 7.99. The summed E-state index contributed by atoms with van der Waals surface area (Å²) >= 11 is 1.74. The van der Waals surface area contributed by atoms with E-state index in [2.05, 4.69) is 60.6 Å². The largest absolute Gasteiger partial charge is 0.350 e. The van der Waals surface area contributed by atoms with E-state index in [-0.39, 0.29) is 5.91 Å². The van der Waals surface area contributed by atoms with E-state index in [9.17, 15) is 4.79 Å². The number of carbonyl (C=O) groups excluding carboxylic acids is 1. The molecule has 2 N–H and O–H groups in total. The van der Waals surface area contributed by atoms with Crippen molar-refractivity contribution in [2.45, 2.75) is 32.1 Å². The van der Waals surface area contributed by atoms with Crippen LogP contribution in [0.5, 0.6) is 0 Å². The van der Waals surface area contributed by atoms with Gasteiger partial charge in [-0.3, -0.25) is 9.89 Å². The molecule has 0 fully saturated rings. The van der Waals surface area contributed by atoms with Crippen molar-refractivity contribution in [3.8, 4) is 0 Å². The van der Waals surface area contributed by atoms with Crippen molar-refractivity contribution in [2.24, 2.45) is 5.92 Å². The number of H-pyrrole nitrogens is 1. The molecule has 0 saturated carbocycles. The summed E-state index contributed by atoms with van der Waals surface area (Å²) in [6.07, 6.45) is 0.906. The number of nitrogens with zero attached hydrogens (tertiary/aromatic N) is 1. The zero-order valence-corrected chi connectivity index (χ0v) is 14.2. The van der Waals surface area contributed by atoms with E-state index in [1.54, 1.807) is 11.8 Å². The second-order valence-electron chi connectivity index (χ2n) is 5.79. The molecule has 0 saturated heterocycles. The van der Waals surface area contributed by atoms with E-state index in [4.69, 9.17) is 0 Å². The molecule has 0 aliphatic heterocycles. The van der Waals surface area contributed by atoms with Crippen LogP contribution in [0.2, 0.25) is 0 Å². The van der Waals surface area contributed by atoms with Gasteiger partial charge in [0.05, 0.1) is 0 Å². The fourth-order valence-electron chi connectivity index (χ4n) is 2.08. The minimum absolute atomic E-state index is 0.115. The highest BCUT2D eigenvalue weighted by atomic mass is 32.2. The van der Waals surface area contributed by atoms with E-state index < -0.39 is 0 Å². The first-order valence-electron chi connectivity index (χ1n) is 7.56. The summed E-state index contributed by atoms with van der Waals surface area (Å²) in [5.41, 5.74) is 2.73. The zero-order chi connectivity index (χ0) is 15.9. The Hall–Kier alpha value is -1.75. The summed E-state index contributed by atoms with van der Waals surface area (Å²) in [6, 6.07) is 10.2. The standard InChI is InChI=1S/C17H23N3OS/c1-12(2)10-14-11-16(20-19-14)17(21)18-8-9-22-15-6-4-13(3)5-7-15/h4-7,11-12H,8-10H2,1-3H3,(H,18,21)(H,19,20). The van der Waals surface area contributed by atoms with Gasteiger partial charge in [0.1, 0.15) is 5.69 Å². The predicted molar refractivity (Wildman–Crippen MR) is 91.4 cm³/mol. The fraction of sp³-hybridized carbons (Fsp3) is 0.412. The highest BCUT2D eigenvalue weighted by Gasteiger charge is 2.10. The average molecular weight is 317 g/mol. The van der Waals surface area contributed by atoms with Crippen LogP contribution in [0.25, 0.3) is 0 Å². The second kappa shape index (κ2) is 8.03. The van der Waals surface area contributed by atoms with Crippen LogP contribution in [0, 0.1) is 12.8 Å². The molecule has 0 aliphatic rings. The van der Waals surface area contributed by atoms with Crippen molar-refractivity contribution in [3.63, 3.8) is 0 Å². The van der Waals surface area contributed by atoms with Gasteiger partial charge in [-0.1, -0.05) is 31.5 Å². The van der Waals surface area contributed by atoms with Gasteiger partial charge in [0, 0.05) is 22.9 Å². The molecule has 0 unspecified atom stereocenters. The van der Waals surface area contributed by atoms with Crippen molar-refractivity contribution < 1.29 is 4.79 Å². The molecule has 0 atom stereocenters. The van der Waals surface area contributed by atoms with Crippen LogP contribution >= 0.6 is 11.8 Å². The number of carbonyl (C=O) groups is 1. The molecule has 4 nitrogen and oxygen atoms in total. The monoisotopic (exact) mass is 317 g/mol. The van der Waals surface area contributed by atoms with Crippen molar-refractivity contribution >= 4 is 17.7 Å². The molecule has 1 aromatic carbocycles.